The SMILES string of the molecule is CN(c1ccccc1)C(C(=O)NC1CCCC1)c1ccc(Cl)cc1. The Balaban J connectivity index is 1.87. The first kappa shape index (κ1) is 16.8. The number of rotatable bonds is 5. The van der Waals surface area contributed by atoms with E-state index in [0.29, 0.717) is 11.1 Å². The summed E-state index contributed by atoms with van der Waals surface area (Å²) in [5.41, 5.74) is 1.96. The van der Waals surface area contributed by atoms with Crippen molar-refractivity contribution in [1.82, 2.24) is 5.32 Å². The average molecular weight is 343 g/mol. The standard InChI is InChI=1S/C20H23ClN2O/c1-23(18-9-3-2-4-10-18)19(15-11-13-16(21)14-12-15)20(24)22-17-7-5-6-8-17/h2-4,9-14,17,19H,5-8H2,1H3,(H,22,24). The van der Waals surface area contributed by atoms with Crippen molar-refractivity contribution in [2.75, 3.05) is 11.9 Å². The van der Waals surface area contributed by atoms with Crippen LogP contribution < -0.4 is 10.2 Å². The van der Waals surface area contributed by atoms with Crippen molar-refractivity contribution in [1.29, 1.82) is 0 Å². The van der Waals surface area contributed by atoms with E-state index in [-0.39, 0.29) is 11.9 Å². The maximum atomic E-state index is 13.0. The molecule has 0 radical (unpaired) electrons. The number of hydrogen-bond donors (Lipinski definition) is 1. The van der Waals surface area contributed by atoms with Crippen molar-refractivity contribution >= 4 is 23.2 Å². The lowest BCUT2D eigenvalue weighted by Crippen LogP contribution is -2.42. The van der Waals surface area contributed by atoms with Gasteiger partial charge in [0.15, 0.2) is 0 Å². The van der Waals surface area contributed by atoms with Gasteiger partial charge in [-0.3, -0.25) is 4.79 Å². The van der Waals surface area contributed by atoms with E-state index in [4.69, 9.17) is 11.6 Å². The van der Waals surface area contributed by atoms with Crippen molar-refractivity contribution in [2.24, 2.45) is 0 Å². The van der Waals surface area contributed by atoms with Gasteiger partial charge < -0.3 is 10.2 Å². The van der Waals surface area contributed by atoms with Crippen LogP contribution in [0.1, 0.15) is 37.3 Å². The van der Waals surface area contributed by atoms with Gasteiger partial charge in [-0.1, -0.05) is 54.8 Å². The van der Waals surface area contributed by atoms with Crippen molar-refractivity contribution < 1.29 is 4.79 Å². The third-order valence-electron chi connectivity index (χ3n) is 4.69. The van der Waals surface area contributed by atoms with Crippen LogP contribution in [0, 0.1) is 0 Å². The van der Waals surface area contributed by atoms with Crippen LogP contribution in [0.4, 0.5) is 5.69 Å². The largest absolute Gasteiger partial charge is 0.359 e. The van der Waals surface area contributed by atoms with E-state index in [1.54, 1.807) is 0 Å². The Morgan fingerprint density at radius 3 is 2.33 bits per heavy atom. The summed E-state index contributed by atoms with van der Waals surface area (Å²) in [5.74, 6) is 0.0515. The fourth-order valence-electron chi connectivity index (χ4n) is 3.36. The molecule has 2 aromatic rings. The molecule has 1 amide bonds. The summed E-state index contributed by atoms with van der Waals surface area (Å²) in [7, 11) is 1.96. The van der Waals surface area contributed by atoms with Gasteiger partial charge in [-0.15, -0.1) is 0 Å². The third kappa shape index (κ3) is 3.90. The summed E-state index contributed by atoms with van der Waals surface area (Å²) in [6, 6.07) is 17.5. The van der Waals surface area contributed by atoms with E-state index >= 15 is 0 Å². The molecule has 0 bridgehead atoms. The van der Waals surface area contributed by atoms with Crippen LogP contribution in [0.25, 0.3) is 0 Å². The summed E-state index contributed by atoms with van der Waals surface area (Å²) in [6.45, 7) is 0. The smallest absolute Gasteiger partial charge is 0.247 e. The minimum absolute atomic E-state index is 0.0515. The van der Waals surface area contributed by atoms with E-state index in [1.807, 2.05) is 66.5 Å². The number of para-hydroxylation sites is 1. The minimum atomic E-state index is -0.370. The van der Waals surface area contributed by atoms with Crippen LogP contribution in [0.3, 0.4) is 0 Å². The van der Waals surface area contributed by atoms with Crippen LogP contribution in [-0.4, -0.2) is 19.0 Å². The summed E-state index contributed by atoms with van der Waals surface area (Å²) in [5, 5.41) is 3.91. The van der Waals surface area contributed by atoms with Crippen LogP contribution in [0.15, 0.2) is 54.6 Å². The number of carbonyl (C=O) groups excluding carboxylic acids is 1. The topological polar surface area (TPSA) is 32.3 Å². The predicted octanol–water partition coefficient (Wildman–Crippen LogP) is 4.58. The molecule has 1 N–H and O–H groups in total. The number of hydrogen-bond acceptors (Lipinski definition) is 2. The fourth-order valence-corrected chi connectivity index (χ4v) is 3.48. The molecule has 3 nitrogen and oxygen atoms in total. The van der Waals surface area contributed by atoms with Gasteiger partial charge in [-0.2, -0.15) is 0 Å². The average Bonchev–Trinajstić information content (AvgIpc) is 3.10. The van der Waals surface area contributed by atoms with Gasteiger partial charge in [0.1, 0.15) is 6.04 Å². The van der Waals surface area contributed by atoms with Crippen molar-refractivity contribution in [3.05, 3.63) is 65.2 Å². The molecule has 1 aliphatic rings. The lowest BCUT2D eigenvalue weighted by Gasteiger charge is -2.30. The zero-order chi connectivity index (χ0) is 16.9. The zero-order valence-electron chi connectivity index (χ0n) is 13.9. The number of benzene rings is 2. The van der Waals surface area contributed by atoms with Crippen molar-refractivity contribution in [3.8, 4) is 0 Å². The highest BCUT2D eigenvalue weighted by atomic mass is 35.5. The number of halogens is 1. The van der Waals surface area contributed by atoms with Gasteiger partial charge in [0, 0.05) is 23.8 Å². The molecule has 24 heavy (non-hydrogen) atoms. The first-order valence-corrected chi connectivity index (χ1v) is 8.86. The molecule has 1 saturated carbocycles. The molecule has 4 heteroatoms. The van der Waals surface area contributed by atoms with E-state index in [1.165, 1.54) is 12.8 Å². The molecule has 1 atom stereocenters. The molecule has 0 saturated heterocycles. The zero-order valence-corrected chi connectivity index (χ0v) is 14.7. The predicted molar refractivity (Wildman–Crippen MR) is 99.4 cm³/mol. The molecule has 0 aliphatic heterocycles. The van der Waals surface area contributed by atoms with Gasteiger partial charge in [0.05, 0.1) is 0 Å². The molecule has 0 heterocycles. The first-order chi connectivity index (χ1) is 11.6. The highest BCUT2D eigenvalue weighted by Gasteiger charge is 2.28. The molecule has 1 fully saturated rings. The Morgan fingerprint density at radius 2 is 1.71 bits per heavy atom. The Labute approximate surface area is 148 Å². The molecular formula is C20H23ClN2O. The Morgan fingerprint density at radius 1 is 1.08 bits per heavy atom. The first-order valence-electron chi connectivity index (χ1n) is 8.49. The molecule has 1 aliphatic carbocycles. The molecule has 2 aromatic carbocycles. The van der Waals surface area contributed by atoms with E-state index in [2.05, 4.69) is 5.32 Å². The summed E-state index contributed by atoms with van der Waals surface area (Å²) in [4.78, 5) is 15.0. The van der Waals surface area contributed by atoms with Crippen molar-refractivity contribution in [3.63, 3.8) is 0 Å². The van der Waals surface area contributed by atoms with Crippen molar-refractivity contribution in [2.45, 2.75) is 37.8 Å². The van der Waals surface area contributed by atoms with E-state index < -0.39 is 0 Å². The highest BCUT2D eigenvalue weighted by Crippen LogP contribution is 2.28. The minimum Gasteiger partial charge on any atom is -0.359 e. The number of carbonyl (C=O) groups is 1. The quantitative estimate of drug-likeness (QED) is 0.862. The lowest BCUT2D eigenvalue weighted by atomic mass is 10.0. The maximum absolute atomic E-state index is 13.0. The summed E-state index contributed by atoms with van der Waals surface area (Å²) >= 11 is 6.02. The molecular weight excluding hydrogens is 320 g/mol. The second-order valence-corrected chi connectivity index (χ2v) is 6.83. The second-order valence-electron chi connectivity index (χ2n) is 6.39. The molecule has 3 rings (SSSR count). The van der Waals surface area contributed by atoms with Gasteiger partial charge in [0.2, 0.25) is 5.91 Å². The van der Waals surface area contributed by atoms with Gasteiger partial charge in [0.25, 0.3) is 0 Å². The second kappa shape index (κ2) is 7.71. The third-order valence-corrected chi connectivity index (χ3v) is 4.94. The summed E-state index contributed by atoms with van der Waals surface area (Å²) in [6.07, 6.45) is 4.55. The Bertz CT molecular complexity index is 666. The van der Waals surface area contributed by atoms with Gasteiger partial charge in [-0.05, 0) is 42.7 Å². The van der Waals surface area contributed by atoms with E-state index in [9.17, 15) is 4.79 Å². The monoisotopic (exact) mass is 342 g/mol. The molecule has 0 spiro atoms. The molecule has 0 aromatic heterocycles. The number of nitrogens with one attached hydrogen (secondary N) is 1. The lowest BCUT2D eigenvalue weighted by molar-refractivity contribution is -0.123. The summed E-state index contributed by atoms with van der Waals surface area (Å²) < 4.78 is 0. The number of anilines is 1. The Hall–Kier alpha value is -2.00. The normalized spacial score (nSPS) is 15.9. The molecule has 1 unspecified atom stereocenters. The number of likely N-dealkylation sites (N-methyl/N-ethyl adjacent to an activating group) is 1. The van der Waals surface area contributed by atoms with E-state index in [0.717, 1.165) is 24.1 Å². The van der Waals surface area contributed by atoms with Crippen LogP contribution in [0.2, 0.25) is 5.02 Å². The van der Waals surface area contributed by atoms with Gasteiger partial charge >= 0.3 is 0 Å². The number of amides is 1. The fraction of sp³-hybridized carbons (Fsp3) is 0.350. The Kier molecular flexibility index (Phi) is 5.41. The number of nitrogens with zero attached hydrogens (tertiary/aromatic N) is 1. The molecule has 126 valence electrons. The van der Waals surface area contributed by atoms with Crippen LogP contribution in [-0.2, 0) is 4.79 Å². The maximum Gasteiger partial charge on any atom is 0.247 e. The van der Waals surface area contributed by atoms with Gasteiger partial charge in [-0.25, -0.2) is 0 Å². The van der Waals surface area contributed by atoms with Crippen LogP contribution >= 0.6 is 11.6 Å². The van der Waals surface area contributed by atoms with Crippen LogP contribution in [0.5, 0.6) is 0 Å². The highest BCUT2D eigenvalue weighted by molar-refractivity contribution is 6.30.